The summed E-state index contributed by atoms with van der Waals surface area (Å²) in [6, 6.07) is 8.58. The average Bonchev–Trinajstić information content (AvgIpc) is 2.78. The van der Waals surface area contributed by atoms with Gasteiger partial charge < -0.3 is 10.1 Å². The molecular weight excluding hydrogens is 210 g/mol. The Hall–Kier alpha value is -1.02. The van der Waals surface area contributed by atoms with Crippen LogP contribution in [0.1, 0.15) is 32.3 Å². The zero-order valence-electron chi connectivity index (χ0n) is 11.1. The highest BCUT2D eigenvalue weighted by atomic mass is 16.5. The van der Waals surface area contributed by atoms with Gasteiger partial charge in [0.25, 0.3) is 0 Å². The van der Waals surface area contributed by atoms with Crippen molar-refractivity contribution >= 4 is 0 Å². The Labute approximate surface area is 104 Å². The van der Waals surface area contributed by atoms with Gasteiger partial charge in [-0.25, -0.2) is 0 Å². The third-order valence-corrected chi connectivity index (χ3v) is 3.72. The molecule has 1 aromatic rings. The first-order valence-electron chi connectivity index (χ1n) is 6.51. The molecule has 17 heavy (non-hydrogen) atoms. The summed E-state index contributed by atoms with van der Waals surface area (Å²) >= 11 is 0. The minimum atomic E-state index is 0.308. The SMILES string of the molecule is COc1cccc([C@]2(CC(C)C)CCNC2)c1. The molecule has 1 fully saturated rings. The Morgan fingerprint density at radius 3 is 2.82 bits per heavy atom. The number of ether oxygens (including phenoxy) is 1. The Bertz CT molecular complexity index is 367. The maximum absolute atomic E-state index is 5.34. The molecule has 0 unspecified atom stereocenters. The van der Waals surface area contributed by atoms with E-state index in [-0.39, 0.29) is 0 Å². The summed E-state index contributed by atoms with van der Waals surface area (Å²) in [6.45, 7) is 6.84. The van der Waals surface area contributed by atoms with Crippen LogP contribution in [0.3, 0.4) is 0 Å². The second kappa shape index (κ2) is 5.09. The molecule has 2 rings (SSSR count). The Morgan fingerprint density at radius 1 is 1.41 bits per heavy atom. The molecule has 2 heteroatoms. The quantitative estimate of drug-likeness (QED) is 0.863. The number of hydrogen-bond acceptors (Lipinski definition) is 2. The van der Waals surface area contributed by atoms with E-state index in [1.807, 2.05) is 6.07 Å². The van der Waals surface area contributed by atoms with Crippen LogP contribution in [0.25, 0.3) is 0 Å². The van der Waals surface area contributed by atoms with E-state index in [1.54, 1.807) is 7.11 Å². The smallest absolute Gasteiger partial charge is 0.119 e. The fraction of sp³-hybridized carbons (Fsp3) is 0.600. The number of nitrogens with one attached hydrogen (secondary N) is 1. The van der Waals surface area contributed by atoms with Crippen LogP contribution < -0.4 is 10.1 Å². The lowest BCUT2D eigenvalue weighted by atomic mass is 9.74. The molecule has 0 saturated carbocycles. The first-order valence-corrected chi connectivity index (χ1v) is 6.51. The van der Waals surface area contributed by atoms with E-state index in [9.17, 15) is 0 Å². The van der Waals surface area contributed by atoms with Gasteiger partial charge in [-0.05, 0) is 43.0 Å². The van der Waals surface area contributed by atoms with Gasteiger partial charge in [-0.2, -0.15) is 0 Å². The molecule has 94 valence electrons. The summed E-state index contributed by atoms with van der Waals surface area (Å²) in [4.78, 5) is 0. The molecule has 1 saturated heterocycles. The molecule has 0 bridgehead atoms. The maximum atomic E-state index is 5.34. The van der Waals surface area contributed by atoms with Gasteiger partial charge in [-0.1, -0.05) is 26.0 Å². The van der Waals surface area contributed by atoms with Crippen LogP contribution >= 0.6 is 0 Å². The molecule has 0 aromatic heterocycles. The number of benzene rings is 1. The van der Waals surface area contributed by atoms with Crippen LogP contribution in [-0.2, 0) is 5.41 Å². The van der Waals surface area contributed by atoms with Gasteiger partial charge in [0.05, 0.1) is 7.11 Å². The largest absolute Gasteiger partial charge is 0.497 e. The maximum Gasteiger partial charge on any atom is 0.119 e. The third-order valence-electron chi connectivity index (χ3n) is 3.72. The highest BCUT2D eigenvalue weighted by molar-refractivity contribution is 5.35. The zero-order valence-corrected chi connectivity index (χ0v) is 11.1. The Kier molecular flexibility index (Phi) is 3.72. The first kappa shape index (κ1) is 12.4. The molecule has 1 atom stereocenters. The van der Waals surface area contributed by atoms with Crippen molar-refractivity contribution in [2.75, 3.05) is 20.2 Å². The van der Waals surface area contributed by atoms with E-state index in [2.05, 4.69) is 37.4 Å². The van der Waals surface area contributed by atoms with Crippen molar-refractivity contribution in [3.63, 3.8) is 0 Å². The molecule has 0 amide bonds. The topological polar surface area (TPSA) is 21.3 Å². The van der Waals surface area contributed by atoms with Crippen LogP contribution in [0, 0.1) is 5.92 Å². The van der Waals surface area contributed by atoms with Gasteiger partial charge in [0.2, 0.25) is 0 Å². The molecule has 0 radical (unpaired) electrons. The lowest BCUT2D eigenvalue weighted by molar-refractivity contribution is 0.363. The monoisotopic (exact) mass is 233 g/mol. The molecule has 0 aliphatic carbocycles. The number of methoxy groups -OCH3 is 1. The lowest BCUT2D eigenvalue weighted by Crippen LogP contribution is -2.30. The number of rotatable bonds is 4. The predicted molar refractivity (Wildman–Crippen MR) is 71.6 cm³/mol. The molecular formula is C15H23NO. The van der Waals surface area contributed by atoms with Crippen molar-refractivity contribution in [1.29, 1.82) is 0 Å². The van der Waals surface area contributed by atoms with Crippen LogP contribution in [0.5, 0.6) is 5.75 Å². The molecule has 1 N–H and O–H groups in total. The fourth-order valence-electron chi connectivity index (χ4n) is 3.02. The van der Waals surface area contributed by atoms with E-state index in [0.717, 1.165) is 24.8 Å². The molecule has 1 aliphatic heterocycles. The van der Waals surface area contributed by atoms with Gasteiger partial charge >= 0.3 is 0 Å². The highest BCUT2D eigenvalue weighted by Gasteiger charge is 2.36. The fourth-order valence-corrected chi connectivity index (χ4v) is 3.02. The van der Waals surface area contributed by atoms with Crippen LogP contribution in [0.15, 0.2) is 24.3 Å². The van der Waals surface area contributed by atoms with Gasteiger partial charge in [0.15, 0.2) is 0 Å². The molecule has 1 aromatic carbocycles. The normalized spacial score (nSPS) is 24.2. The Balaban J connectivity index is 2.31. The van der Waals surface area contributed by atoms with E-state index in [4.69, 9.17) is 4.74 Å². The molecule has 1 aliphatic rings. The van der Waals surface area contributed by atoms with Crippen LogP contribution in [0.2, 0.25) is 0 Å². The minimum absolute atomic E-state index is 0.308. The van der Waals surface area contributed by atoms with Gasteiger partial charge in [0.1, 0.15) is 5.75 Å². The van der Waals surface area contributed by atoms with Crippen molar-refractivity contribution in [1.82, 2.24) is 5.32 Å². The third kappa shape index (κ3) is 2.63. The van der Waals surface area contributed by atoms with Crippen molar-refractivity contribution in [2.45, 2.75) is 32.1 Å². The van der Waals surface area contributed by atoms with Crippen molar-refractivity contribution < 1.29 is 4.74 Å². The summed E-state index contributed by atoms with van der Waals surface area (Å²) in [5.41, 5.74) is 1.73. The van der Waals surface area contributed by atoms with Crippen molar-refractivity contribution in [2.24, 2.45) is 5.92 Å². The zero-order chi connectivity index (χ0) is 12.3. The molecule has 2 nitrogen and oxygen atoms in total. The van der Waals surface area contributed by atoms with Gasteiger partial charge in [-0.3, -0.25) is 0 Å². The van der Waals surface area contributed by atoms with Crippen molar-refractivity contribution in [3.8, 4) is 5.75 Å². The van der Waals surface area contributed by atoms with Crippen LogP contribution in [0.4, 0.5) is 0 Å². The van der Waals surface area contributed by atoms with Crippen LogP contribution in [-0.4, -0.2) is 20.2 Å². The summed E-state index contributed by atoms with van der Waals surface area (Å²) in [6.07, 6.45) is 2.48. The summed E-state index contributed by atoms with van der Waals surface area (Å²) in [5.74, 6) is 1.69. The van der Waals surface area contributed by atoms with Gasteiger partial charge in [-0.15, -0.1) is 0 Å². The summed E-state index contributed by atoms with van der Waals surface area (Å²) in [7, 11) is 1.74. The lowest BCUT2D eigenvalue weighted by Gasteiger charge is -2.31. The van der Waals surface area contributed by atoms with E-state index < -0.39 is 0 Å². The highest BCUT2D eigenvalue weighted by Crippen LogP contribution is 2.38. The first-order chi connectivity index (χ1) is 8.16. The number of hydrogen-bond donors (Lipinski definition) is 1. The van der Waals surface area contributed by atoms with Gasteiger partial charge in [0, 0.05) is 12.0 Å². The molecule has 1 heterocycles. The van der Waals surface area contributed by atoms with E-state index in [1.165, 1.54) is 18.4 Å². The molecule has 0 spiro atoms. The summed E-state index contributed by atoms with van der Waals surface area (Å²) in [5, 5.41) is 3.51. The van der Waals surface area contributed by atoms with Crippen molar-refractivity contribution in [3.05, 3.63) is 29.8 Å². The second-order valence-corrected chi connectivity index (χ2v) is 5.54. The second-order valence-electron chi connectivity index (χ2n) is 5.54. The standard InChI is InChI=1S/C15H23NO/c1-12(2)10-15(7-8-16-11-15)13-5-4-6-14(9-13)17-3/h4-6,9,12,16H,7-8,10-11H2,1-3H3/t15-/m0/s1. The Morgan fingerprint density at radius 2 is 2.24 bits per heavy atom. The summed E-state index contributed by atoms with van der Waals surface area (Å²) < 4.78 is 5.34. The van der Waals surface area contributed by atoms with E-state index in [0.29, 0.717) is 5.41 Å². The predicted octanol–water partition coefficient (Wildman–Crippen LogP) is 2.97. The van der Waals surface area contributed by atoms with E-state index >= 15 is 0 Å². The average molecular weight is 233 g/mol. The minimum Gasteiger partial charge on any atom is -0.497 e.